The number of anilines is 2. The predicted molar refractivity (Wildman–Crippen MR) is 80.1 cm³/mol. The van der Waals surface area contributed by atoms with E-state index in [4.69, 9.17) is 4.74 Å². The van der Waals surface area contributed by atoms with E-state index in [0.717, 1.165) is 31.0 Å². The van der Waals surface area contributed by atoms with Gasteiger partial charge >= 0.3 is 0 Å². The minimum atomic E-state index is 0.122. The predicted octanol–water partition coefficient (Wildman–Crippen LogP) is 1.93. The molecule has 1 aromatic heterocycles. The summed E-state index contributed by atoms with van der Waals surface area (Å²) in [5.74, 6) is 1.28. The van der Waals surface area contributed by atoms with E-state index >= 15 is 0 Å². The van der Waals surface area contributed by atoms with Crippen LogP contribution in [-0.4, -0.2) is 45.2 Å². The molecule has 0 aromatic carbocycles. The Morgan fingerprint density at radius 3 is 2.90 bits per heavy atom. The van der Waals surface area contributed by atoms with Crippen LogP contribution in [0.4, 0.5) is 11.5 Å². The zero-order valence-corrected chi connectivity index (χ0v) is 12.5. The highest BCUT2D eigenvalue weighted by atomic mass is 16.5. The lowest BCUT2D eigenvalue weighted by Gasteiger charge is -2.26. The van der Waals surface area contributed by atoms with Gasteiger partial charge in [-0.05, 0) is 30.9 Å². The highest BCUT2D eigenvalue weighted by Crippen LogP contribution is 2.26. The summed E-state index contributed by atoms with van der Waals surface area (Å²) in [6.07, 6.45) is 4.41. The third-order valence-electron chi connectivity index (χ3n) is 3.64. The number of aromatic nitrogens is 1. The van der Waals surface area contributed by atoms with Crippen LogP contribution in [0.15, 0.2) is 18.3 Å². The van der Waals surface area contributed by atoms with Crippen LogP contribution in [0.2, 0.25) is 0 Å². The summed E-state index contributed by atoms with van der Waals surface area (Å²) in [5, 5.41) is 0. The fourth-order valence-electron chi connectivity index (χ4n) is 2.48. The highest BCUT2D eigenvalue weighted by molar-refractivity contribution is 5.95. The normalized spacial score (nSPS) is 18.6. The molecule has 0 aliphatic carbocycles. The molecule has 1 aromatic rings. The summed E-state index contributed by atoms with van der Waals surface area (Å²) < 4.78 is 5.44. The smallest absolute Gasteiger partial charge is 0.227 e. The Labute approximate surface area is 120 Å². The maximum absolute atomic E-state index is 12.4. The van der Waals surface area contributed by atoms with Gasteiger partial charge in [0.15, 0.2) is 5.82 Å². The van der Waals surface area contributed by atoms with Crippen LogP contribution in [0.25, 0.3) is 0 Å². The van der Waals surface area contributed by atoms with E-state index in [1.807, 2.05) is 38.2 Å². The van der Waals surface area contributed by atoms with Crippen molar-refractivity contribution in [2.45, 2.75) is 19.3 Å². The van der Waals surface area contributed by atoms with Gasteiger partial charge in [0, 0.05) is 47.0 Å². The van der Waals surface area contributed by atoms with Crippen molar-refractivity contribution < 1.29 is 9.53 Å². The average molecular weight is 277 g/mol. The first-order chi connectivity index (χ1) is 9.59. The molecule has 1 aliphatic heterocycles. The van der Waals surface area contributed by atoms with E-state index in [1.165, 1.54) is 0 Å². The second-order valence-electron chi connectivity index (χ2n) is 5.48. The number of ether oxygens (including phenoxy) is 1. The number of pyridine rings is 1. The van der Waals surface area contributed by atoms with E-state index in [9.17, 15) is 4.79 Å². The van der Waals surface area contributed by atoms with Crippen LogP contribution in [0.5, 0.6) is 0 Å². The molecule has 0 N–H and O–H groups in total. The van der Waals surface area contributed by atoms with Crippen LogP contribution >= 0.6 is 0 Å². The number of hydrogen-bond acceptors (Lipinski definition) is 4. The summed E-state index contributed by atoms with van der Waals surface area (Å²) in [4.78, 5) is 20.4. The number of nitrogens with zero attached hydrogens (tertiary/aromatic N) is 3. The van der Waals surface area contributed by atoms with E-state index in [0.29, 0.717) is 18.9 Å². The number of carbonyl (C=O) groups is 1. The van der Waals surface area contributed by atoms with Crippen molar-refractivity contribution in [1.29, 1.82) is 0 Å². The molecule has 1 saturated heterocycles. The van der Waals surface area contributed by atoms with Crippen LogP contribution in [0.1, 0.15) is 19.3 Å². The molecular formula is C15H23N3O2. The molecule has 1 atom stereocenters. The molecule has 1 amide bonds. The van der Waals surface area contributed by atoms with Gasteiger partial charge in [-0.25, -0.2) is 4.98 Å². The number of hydrogen-bond donors (Lipinski definition) is 0. The number of amides is 1. The van der Waals surface area contributed by atoms with Crippen LogP contribution in [0, 0.1) is 5.92 Å². The topological polar surface area (TPSA) is 45.7 Å². The molecule has 110 valence electrons. The summed E-state index contributed by atoms with van der Waals surface area (Å²) in [6.45, 7) is 1.53. The highest BCUT2D eigenvalue weighted by Gasteiger charge is 2.22. The Balaban J connectivity index is 2.06. The SMILES string of the molecule is CN(C)c1ncccc1N(C)C(=O)CC1CCCOC1. The largest absolute Gasteiger partial charge is 0.381 e. The molecule has 20 heavy (non-hydrogen) atoms. The Kier molecular flexibility index (Phi) is 4.95. The van der Waals surface area contributed by atoms with Gasteiger partial charge in [0.05, 0.1) is 5.69 Å². The van der Waals surface area contributed by atoms with Crippen molar-refractivity contribution in [3.05, 3.63) is 18.3 Å². The van der Waals surface area contributed by atoms with E-state index < -0.39 is 0 Å². The minimum absolute atomic E-state index is 0.122. The van der Waals surface area contributed by atoms with Gasteiger partial charge in [-0.1, -0.05) is 0 Å². The maximum Gasteiger partial charge on any atom is 0.227 e. The second-order valence-corrected chi connectivity index (χ2v) is 5.48. The van der Waals surface area contributed by atoms with Crippen molar-refractivity contribution in [1.82, 2.24) is 4.98 Å². The number of carbonyl (C=O) groups excluding carboxylic acids is 1. The molecule has 0 radical (unpaired) electrons. The van der Waals surface area contributed by atoms with Crippen molar-refractivity contribution >= 4 is 17.4 Å². The Bertz CT molecular complexity index is 456. The summed E-state index contributed by atoms with van der Waals surface area (Å²) >= 11 is 0. The van der Waals surface area contributed by atoms with Gasteiger partial charge in [-0.2, -0.15) is 0 Å². The van der Waals surface area contributed by atoms with Crippen LogP contribution in [0.3, 0.4) is 0 Å². The Morgan fingerprint density at radius 2 is 2.25 bits per heavy atom. The second kappa shape index (κ2) is 6.70. The maximum atomic E-state index is 12.4. The average Bonchev–Trinajstić information content (AvgIpc) is 2.47. The molecule has 2 rings (SSSR count). The van der Waals surface area contributed by atoms with Crippen molar-refractivity contribution in [3.8, 4) is 0 Å². The fourth-order valence-corrected chi connectivity index (χ4v) is 2.48. The van der Waals surface area contributed by atoms with Gasteiger partial charge in [0.2, 0.25) is 5.91 Å². The van der Waals surface area contributed by atoms with Gasteiger partial charge in [-0.3, -0.25) is 4.79 Å². The number of rotatable bonds is 4. The standard InChI is InChI=1S/C15H23N3O2/c1-17(2)15-13(7-4-8-16-15)18(3)14(19)10-12-6-5-9-20-11-12/h4,7-8,12H,5-6,9-11H2,1-3H3. The Morgan fingerprint density at radius 1 is 1.45 bits per heavy atom. The molecular weight excluding hydrogens is 254 g/mol. The molecule has 1 aliphatic rings. The van der Waals surface area contributed by atoms with Crippen LogP contribution < -0.4 is 9.80 Å². The first-order valence-corrected chi connectivity index (χ1v) is 7.06. The van der Waals surface area contributed by atoms with E-state index in [1.54, 1.807) is 11.1 Å². The minimum Gasteiger partial charge on any atom is -0.381 e. The zero-order valence-electron chi connectivity index (χ0n) is 12.5. The molecule has 1 fully saturated rings. The lowest BCUT2D eigenvalue weighted by Crippen LogP contribution is -2.32. The van der Waals surface area contributed by atoms with Gasteiger partial charge in [0.25, 0.3) is 0 Å². The summed E-state index contributed by atoms with van der Waals surface area (Å²) in [6, 6.07) is 3.79. The fraction of sp³-hybridized carbons (Fsp3) is 0.600. The van der Waals surface area contributed by atoms with Crippen molar-refractivity contribution in [2.75, 3.05) is 44.2 Å². The first kappa shape index (κ1) is 14.8. The third kappa shape index (κ3) is 3.48. The monoisotopic (exact) mass is 277 g/mol. The van der Waals surface area contributed by atoms with Crippen LogP contribution in [-0.2, 0) is 9.53 Å². The molecule has 1 unspecified atom stereocenters. The van der Waals surface area contributed by atoms with E-state index in [2.05, 4.69) is 4.98 Å². The van der Waals surface area contributed by atoms with Gasteiger partial charge in [-0.15, -0.1) is 0 Å². The molecule has 5 heteroatoms. The lowest BCUT2D eigenvalue weighted by molar-refractivity contribution is -0.120. The quantitative estimate of drug-likeness (QED) is 0.843. The molecule has 2 heterocycles. The van der Waals surface area contributed by atoms with Gasteiger partial charge < -0.3 is 14.5 Å². The summed E-state index contributed by atoms with van der Waals surface area (Å²) in [5.41, 5.74) is 0.847. The lowest BCUT2D eigenvalue weighted by atomic mass is 9.98. The first-order valence-electron chi connectivity index (χ1n) is 7.06. The van der Waals surface area contributed by atoms with E-state index in [-0.39, 0.29) is 5.91 Å². The van der Waals surface area contributed by atoms with Crippen molar-refractivity contribution in [2.24, 2.45) is 5.92 Å². The van der Waals surface area contributed by atoms with Gasteiger partial charge in [0.1, 0.15) is 0 Å². The molecule has 0 saturated carbocycles. The summed E-state index contributed by atoms with van der Waals surface area (Å²) in [7, 11) is 5.67. The van der Waals surface area contributed by atoms with Crippen molar-refractivity contribution in [3.63, 3.8) is 0 Å². The Hall–Kier alpha value is -1.62. The third-order valence-corrected chi connectivity index (χ3v) is 3.64. The molecule has 5 nitrogen and oxygen atoms in total. The molecule has 0 spiro atoms. The molecule has 0 bridgehead atoms. The zero-order chi connectivity index (χ0) is 14.5.